The molecule has 24 heteroatoms. The Morgan fingerprint density at radius 1 is 0.541 bits per heavy atom. The summed E-state index contributed by atoms with van der Waals surface area (Å²) >= 11 is 0. The van der Waals surface area contributed by atoms with Gasteiger partial charge in [0.25, 0.3) is 0 Å². The Morgan fingerprint density at radius 2 is 0.811 bits per heavy atom. The highest BCUT2D eigenvalue weighted by molar-refractivity contribution is 5.77. The van der Waals surface area contributed by atoms with Crippen molar-refractivity contribution < 1.29 is 104 Å². The number of nitrogens with one attached hydrogen (secondary N) is 1. The van der Waals surface area contributed by atoms with Crippen molar-refractivity contribution in [2.24, 2.45) is 0 Å². The van der Waals surface area contributed by atoms with Crippen LogP contribution in [0.25, 0.3) is 0 Å². The smallest absolute Gasteiger partial charge is 0.460 e. The van der Waals surface area contributed by atoms with Crippen LogP contribution in [0.4, 0.5) is 74.6 Å². The van der Waals surface area contributed by atoms with E-state index < -0.39 is 53.6 Å². The van der Waals surface area contributed by atoms with Gasteiger partial charge in [-0.2, -0.15) is 74.6 Å². The van der Waals surface area contributed by atoms with Crippen LogP contribution in [-0.2, 0) is 14.5 Å². The number of hydrogen-bond acceptors (Lipinski definition) is 6. The van der Waals surface area contributed by atoms with Gasteiger partial charge < -0.3 is 15.3 Å². The van der Waals surface area contributed by atoms with Gasteiger partial charge in [-0.25, -0.2) is 4.79 Å². The van der Waals surface area contributed by atoms with Crippen molar-refractivity contribution in [2.45, 2.75) is 47.6 Å². The van der Waals surface area contributed by atoms with Gasteiger partial charge in [0.05, 0.1) is 26.4 Å². The lowest BCUT2D eigenvalue weighted by atomic mass is 9.89. The first-order chi connectivity index (χ1) is 16.1. The highest BCUT2D eigenvalue weighted by Crippen LogP contribution is 2.63. The van der Waals surface area contributed by atoms with Gasteiger partial charge in [-0.1, -0.05) is 5.64 Å². The molecule has 0 unspecified atom stereocenters. The molecule has 0 atom stereocenters. The second-order valence-corrected chi connectivity index (χ2v) is 6.05. The van der Waals surface area contributed by atoms with E-state index in [1.165, 1.54) is 0 Å². The van der Waals surface area contributed by atoms with Crippen LogP contribution in [0.2, 0.25) is 0 Å². The number of carbonyl (C=O) groups is 1. The number of aliphatic carboxylic acids is 1. The molecule has 4 N–H and O–H groups in total. The zero-order valence-electron chi connectivity index (χ0n) is 16.8. The first-order valence-electron chi connectivity index (χ1n) is 8.26. The van der Waals surface area contributed by atoms with E-state index in [0.29, 0.717) is 0 Å². The third-order valence-corrected chi connectivity index (χ3v) is 3.50. The Kier molecular flexibility index (Phi) is 11.9. The van der Waals surface area contributed by atoms with Crippen LogP contribution in [0.1, 0.15) is 0 Å². The van der Waals surface area contributed by atoms with Crippen LogP contribution in [-0.4, -0.2) is 95.4 Å². The lowest BCUT2D eigenvalue weighted by molar-refractivity contribution is -0.459. The summed E-state index contributed by atoms with van der Waals surface area (Å²) in [6.45, 7) is 0.224. The minimum atomic E-state index is -8.76. The van der Waals surface area contributed by atoms with Crippen molar-refractivity contribution in [2.75, 3.05) is 26.4 Å². The molecular formula is C13H12F17NO6. The molecule has 0 aromatic rings. The Bertz CT molecular complexity index is 736. The molecule has 0 radical (unpaired) electrons. The maximum absolute atomic E-state index is 13.0. The van der Waals surface area contributed by atoms with E-state index in [1.54, 1.807) is 0 Å². The van der Waals surface area contributed by atoms with E-state index in [4.69, 9.17) is 15.3 Å². The minimum Gasteiger partial charge on any atom is -0.477 e. The molecule has 37 heavy (non-hydrogen) atoms. The number of carboxylic acids is 1. The highest BCUT2D eigenvalue weighted by atomic mass is 19.4. The maximum Gasteiger partial charge on any atom is 0.460 e. The molecule has 0 rings (SSSR count). The van der Waals surface area contributed by atoms with Gasteiger partial charge >= 0.3 is 53.6 Å². The van der Waals surface area contributed by atoms with E-state index in [2.05, 4.69) is 15.3 Å². The average molecular weight is 601 g/mol. The van der Waals surface area contributed by atoms with Crippen molar-refractivity contribution >= 4 is 5.97 Å². The summed E-state index contributed by atoms with van der Waals surface area (Å²) in [6, 6.07) is 0. The summed E-state index contributed by atoms with van der Waals surface area (Å²) in [5.41, 5.74) is 2.07. The zero-order valence-corrected chi connectivity index (χ0v) is 16.8. The van der Waals surface area contributed by atoms with Crippen molar-refractivity contribution in [1.82, 2.24) is 5.64 Å². The normalized spacial score (nSPS) is 14.8. The van der Waals surface area contributed by atoms with Gasteiger partial charge in [0.1, 0.15) is 0 Å². The Labute approximate surface area is 191 Å². The fourth-order valence-corrected chi connectivity index (χ4v) is 1.51. The summed E-state index contributed by atoms with van der Waals surface area (Å²) in [7, 11) is 0. The average Bonchev–Trinajstić information content (AvgIpc) is 2.72. The Morgan fingerprint density at radius 3 is 1.05 bits per heavy atom. The van der Waals surface area contributed by atoms with Gasteiger partial charge in [0.15, 0.2) is 0 Å². The number of halogens is 17. The monoisotopic (exact) mass is 601 g/mol. The third-order valence-electron chi connectivity index (χ3n) is 3.50. The molecule has 0 aliphatic rings. The first kappa shape index (κ1) is 37.2. The van der Waals surface area contributed by atoms with Crippen LogP contribution in [0.5, 0.6) is 0 Å². The van der Waals surface area contributed by atoms with E-state index >= 15 is 0 Å². The third kappa shape index (κ3) is 6.57. The molecule has 0 saturated carbocycles. The molecule has 0 aromatic carbocycles. The molecule has 0 spiro atoms. The zero-order chi connectivity index (χ0) is 30.5. The van der Waals surface area contributed by atoms with Crippen LogP contribution in [0, 0.1) is 0 Å². The predicted molar refractivity (Wildman–Crippen MR) is 77.5 cm³/mol. The lowest BCUT2D eigenvalue weighted by Gasteiger charge is -2.42. The maximum atomic E-state index is 13.0. The second-order valence-electron chi connectivity index (χ2n) is 6.05. The number of aliphatic hydroxyl groups excluding tert-OH is 2. The van der Waals surface area contributed by atoms with Crippen molar-refractivity contribution in [3.05, 3.63) is 0 Å². The fraction of sp³-hybridized carbons (Fsp3) is 0.923. The minimum absolute atomic E-state index is 0.0600. The van der Waals surface area contributed by atoms with Gasteiger partial charge in [-0.05, 0) is 0 Å². The van der Waals surface area contributed by atoms with Crippen LogP contribution in [0.3, 0.4) is 0 Å². The number of alkyl halides is 17. The molecule has 0 aliphatic carbocycles. The summed E-state index contributed by atoms with van der Waals surface area (Å²) in [4.78, 5) is 18.7. The summed E-state index contributed by atoms with van der Waals surface area (Å²) in [5, 5.41) is 23.9. The quantitative estimate of drug-likeness (QED) is 0.146. The largest absolute Gasteiger partial charge is 0.477 e. The van der Waals surface area contributed by atoms with E-state index in [1.807, 2.05) is 0 Å². The van der Waals surface area contributed by atoms with E-state index in [-0.39, 0.29) is 26.4 Å². The molecular weight excluding hydrogens is 589 g/mol. The Balaban J connectivity index is 0. The van der Waals surface area contributed by atoms with Crippen molar-refractivity contribution in [1.29, 1.82) is 0 Å². The topological polar surface area (TPSA) is 108 Å². The van der Waals surface area contributed by atoms with Crippen LogP contribution < -0.4 is 5.64 Å². The van der Waals surface area contributed by atoms with Gasteiger partial charge in [0.2, 0.25) is 0 Å². The van der Waals surface area contributed by atoms with Gasteiger partial charge in [0, 0.05) is 0 Å². The molecule has 224 valence electrons. The summed E-state index contributed by atoms with van der Waals surface area (Å²) < 4.78 is 214. The molecule has 0 fully saturated rings. The van der Waals surface area contributed by atoms with Gasteiger partial charge in [-0.15, -0.1) is 0 Å². The lowest BCUT2D eigenvalue weighted by Crippen LogP contribution is -2.75. The van der Waals surface area contributed by atoms with Crippen LogP contribution in [0.15, 0.2) is 0 Å². The summed E-state index contributed by atoms with van der Waals surface area (Å²) in [5.74, 6) is -62.9. The number of aliphatic hydroxyl groups is 2. The SMILES string of the molecule is O=C(O)C(F)(F)C(F)(F)C(F)(F)C(F)(F)C(F)(F)C(F)(F)C(F)(F)C(F)(F)F.OCCONOCCO. The first-order valence-corrected chi connectivity index (χ1v) is 8.26. The molecule has 0 amide bonds. The number of hydrogen-bond donors (Lipinski definition) is 4. The standard InChI is InChI=1S/C9HF17O2.C4H11NO4/c10-2(11,1(27)28)3(12,13)4(14,15)5(16,17)6(18,19)7(20,21)8(22,23)9(24,25)26;6-1-3-8-5-9-4-2-7/h(H,27,28);5-7H,1-4H2. The molecule has 0 aliphatic heterocycles. The van der Waals surface area contributed by atoms with E-state index in [0.717, 1.165) is 0 Å². The van der Waals surface area contributed by atoms with Crippen molar-refractivity contribution in [3.8, 4) is 0 Å². The Hall–Kier alpha value is -1.92. The summed E-state index contributed by atoms with van der Waals surface area (Å²) in [6.07, 6.45) is -7.83. The second kappa shape index (κ2) is 11.9. The molecule has 7 nitrogen and oxygen atoms in total. The highest BCUT2D eigenvalue weighted by Gasteiger charge is 2.95. The van der Waals surface area contributed by atoms with Crippen molar-refractivity contribution in [3.63, 3.8) is 0 Å². The number of carboxylic acid groups (broad SMARTS) is 1. The fourth-order valence-electron chi connectivity index (χ4n) is 1.51. The molecule has 0 bridgehead atoms. The van der Waals surface area contributed by atoms with Crippen LogP contribution >= 0.6 is 0 Å². The molecule has 0 aromatic heterocycles. The van der Waals surface area contributed by atoms with E-state index in [9.17, 15) is 79.4 Å². The molecule has 0 saturated heterocycles. The van der Waals surface area contributed by atoms with Gasteiger partial charge in [-0.3, -0.25) is 9.68 Å². The number of rotatable bonds is 13. The molecule has 0 heterocycles. The predicted octanol–water partition coefficient (Wildman–Crippen LogP) is 3.50.